The SMILES string of the molecule is C=C(c1ccccc1)c1ccccc1/C(=C/C(=O)N(C)C)NC(C)=O. The van der Waals surface area contributed by atoms with Crippen LogP contribution in [-0.2, 0) is 9.59 Å². The molecule has 0 saturated carbocycles. The van der Waals surface area contributed by atoms with E-state index in [-0.39, 0.29) is 11.8 Å². The molecule has 0 aliphatic rings. The molecule has 0 spiro atoms. The second kappa shape index (κ2) is 8.11. The Kier molecular flexibility index (Phi) is 5.90. The van der Waals surface area contributed by atoms with Gasteiger partial charge in [-0.3, -0.25) is 9.59 Å². The number of hydrogen-bond donors (Lipinski definition) is 1. The van der Waals surface area contributed by atoms with Gasteiger partial charge in [0, 0.05) is 32.7 Å². The number of benzene rings is 2. The van der Waals surface area contributed by atoms with Crippen LogP contribution in [0, 0.1) is 0 Å². The molecule has 2 aromatic rings. The molecule has 0 aliphatic heterocycles. The predicted octanol–water partition coefficient (Wildman–Crippen LogP) is 3.31. The van der Waals surface area contributed by atoms with Gasteiger partial charge in [-0.05, 0) is 16.7 Å². The summed E-state index contributed by atoms with van der Waals surface area (Å²) in [4.78, 5) is 25.2. The molecule has 0 atom stereocenters. The van der Waals surface area contributed by atoms with Crippen LogP contribution < -0.4 is 5.32 Å². The van der Waals surface area contributed by atoms with Crippen molar-refractivity contribution in [3.05, 3.63) is 83.9 Å². The van der Waals surface area contributed by atoms with Gasteiger partial charge in [-0.15, -0.1) is 0 Å². The second-order valence-electron chi connectivity index (χ2n) is 5.86. The highest BCUT2D eigenvalue weighted by Crippen LogP contribution is 2.28. The number of rotatable bonds is 5. The maximum absolute atomic E-state index is 12.1. The van der Waals surface area contributed by atoms with Crippen molar-refractivity contribution in [3.8, 4) is 0 Å². The zero-order valence-electron chi connectivity index (χ0n) is 14.7. The molecule has 4 heteroatoms. The Morgan fingerprint density at radius 2 is 1.52 bits per heavy atom. The molecule has 128 valence electrons. The van der Waals surface area contributed by atoms with E-state index >= 15 is 0 Å². The molecule has 0 heterocycles. The van der Waals surface area contributed by atoms with Crippen molar-refractivity contribution in [2.24, 2.45) is 0 Å². The Balaban J connectivity index is 2.54. The summed E-state index contributed by atoms with van der Waals surface area (Å²) in [5.41, 5.74) is 3.88. The summed E-state index contributed by atoms with van der Waals surface area (Å²) in [7, 11) is 3.33. The van der Waals surface area contributed by atoms with Crippen molar-refractivity contribution in [3.63, 3.8) is 0 Å². The van der Waals surface area contributed by atoms with E-state index in [0.717, 1.165) is 22.3 Å². The summed E-state index contributed by atoms with van der Waals surface area (Å²) in [6.45, 7) is 5.62. The van der Waals surface area contributed by atoms with Crippen molar-refractivity contribution < 1.29 is 9.59 Å². The Labute approximate surface area is 148 Å². The van der Waals surface area contributed by atoms with Crippen LogP contribution in [0.3, 0.4) is 0 Å². The van der Waals surface area contributed by atoms with E-state index in [2.05, 4.69) is 11.9 Å². The third-order valence-corrected chi connectivity index (χ3v) is 3.68. The number of carbonyl (C=O) groups is 2. The Bertz CT molecular complexity index is 821. The number of carbonyl (C=O) groups excluding carboxylic acids is 2. The van der Waals surface area contributed by atoms with Crippen LogP contribution in [0.4, 0.5) is 0 Å². The topological polar surface area (TPSA) is 49.4 Å². The Hall–Kier alpha value is -3.14. The first-order chi connectivity index (χ1) is 11.9. The summed E-state index contributed by atoms with van der Waals surface area (Å²) in [5.74, 6) is -0.443. The third-order valence-electron chi connectivity index (χ3n) is 3.68. The first-order valence-corrected chi connectivity index (χ1v) is 7.95. The summed E-state index contributed by atoms with van der Waals surface area (Å²) in [5, 5.41) is 2.76. The van der Waals surface area contributed by atoms with Gasteiger partial charge in [0.15, 0.2) is 0 Å². The average Bonchev–Trinajstić information content (AvgIpc) is 2.60. The monoisotopic (exact) mass is 334 g/mol. The molecule has 2 aromatic carbocycles. The molecule has 1 N–H and O–H groups in total. The molecule has 4 nitrogen and oxygen atoms in total. The molecule has 25 heavy (non-hydrogen) atoms. The summed E-state index contributed by atoms with van der Waals surface area (Å²) < 4.78 is 0. The van der Waals surface area contributed by atoms with Crippen LogP contribution in [0.25, 0.3) is 11.3 Å². The van der Waals surface area contributed by atoms with Gasteiger partial charge in [-0.1, -0.05) is 61.2 Å². The van der Waals surface area contributed by atoms with Crippen LogP contribution in [-0.4, -0.2) is 30.8 Å². The average molecular weight is 334 g/mol. The molecular weight excluding hydrogens is 312 g/mol. The zero-order valence-corrected chi connectivity index (χ0v) is 14.7. The van der Waals surface area contributed by atoms with E-state index in [4.69, 9.17) is 0 Å². The fourth-order valence-electron chi connectivity index (χ4n) is 2.40. The fraction of sp³-hybridized carbons (Fsp3) is 0.143. The van der Waals surface area contributed by atoms with E-state index in [1.165, 1.54) is 17.9 Å². The fourth-order valence-corrected chi connectivity index (χ4v) is 2.40. The Morgan fingerprint density at radius 1 is 0.960 bits per heavy atom. The molecule has 0 unspecified atom stereocenters. The summed E-state index contributed by atoms with van der Waals surface area (Å²) in [6, 6.07) is 17.4. The lowest BCUT2D eigenvalue weighted by molar-refractivity contribution is -0.123. The van der Waals surface area contributed by atoms with Gasteiger partial charge in [0.2, 0.25) is 11.8 Å². The number of nitrogens with one attached hydrogen (secondary N) is 1. The molecule has 0 bridgehead atoms. The summed E-state index contributed by atoms with van der Waals surface area (Å²) >= 11 is 0. The molecule has 0 aromatic heterocycles. The number of likely N-dealkylation sites (N-methyl/N-ethyl adjacent to an activating group) is 1. The van der Waals surface area contributed by atoms with Crippen molar-refractivity contribution >= 4 is 23.1 Å². The minimum Gasteiger partial charge on any atom is -0.345 e. The van der Waals surface area contributed by atoms with E-state index in [1.807, 2.05) is 54.6 Å². The molecule has 2 amide bonds. The minimum absolute atomic E-state index is 0.205. The van der Waals surface area contributed by atoms with Crippen molar-refractivity contribution in [2.75, 3.05) is 14.1 Å². The quantitative estimate of drug-likeness (QED) is 0.853. The number of amides is 2. The highest BCUT2D eigenvalue weighted by Gasteiger charge is 2.14. The predicted molar refractivity (Wildman–Crippen MR) is 102 cm³/mol. The van der Waals surface area contributed by atoms with Gasteiger partial charge in [-0.2, -0.15) is 0 Å². The van der Waals surface area contributed by atoms with Gasteiger partial charge >= 0.3 is 0 Å². The first kappa shape index (κ1) is 18.2. The molecular formula is C21H22N2O2. The van der Waals surface area contributed by atoms with E-state index in [1.54, 1.807) is 14.1 Å². The van der Waals surface area contributed by atoms with Crippen LogP contribution in [0.15, 0.2) is 67.3 Å². The molecule has 2 rings (SSSR count). The van der Waals surface area contributed by atoms with Crippen molar-refractivity contribution in [1.29, 1.82) is 0 Å². The highest BCUT2D eigenvalue weighted by atomic mass is 16.2. The van der Waals surface area contributed by atoms with Gasteiger partial charge in [0.05, 0.1) is 5.70 Å². The summed E-state index contributed by atoms with van der Waals surface area (Å²) in [6.07, 6.45) is 1.43. The van der Waals surface area contributed by atoms with Gasteiger partial charge in [-0.25, -0.2) is 0 Å². The van der Waals surface area contributed by atoms with Gasteiger partial charge < -0.3 is 10.2 Å². The minimum atomic E-state index is -0.238. The number of nitrogens with zero attached hydrogens (tertiary/aromatic N) is 1. The van der Waals surface area contributed by atoms with E-state index < -0.39 is 0 Å². The molecule has 0 fully saturated rings. The normalized spacial score (nSPS) is 10.9. The standard InChI is InChI=1S/C21H22N2O2/c1-15(17-10-6-5-7-11-17)18-12-8-9-13-19(18)20(22-16(2)24)14-21(25)23(3)4/h5-14H,1H2,2-4H3,(H,22,24)/b20-14-. The van der Waals surface area contributed by atoms with Crippen LogP contribution in [0.5, 0.6) is 0 Å². The highest BCUT2D eigenvalue weighted by molar-refractivity contribution is 6.00. The maximum atomic E-state index is 12.1. The zero-order chi connectivity index (χ0) is 18.4. The lowest BCUT2D eigenvalue weighted by atomic mass is 9.93. The van der Waals surface area contributed by atoms with Crippen LogP contribution in [0.2, 0.25) is 0 Å². The maximum Gasteiger partial charge on any atom is 0.248 e. The van der Waals surface area contributed by atoms with Crippen molar-refractivity contribution in [2.45, 2.75) is 6.92 Å². The van der Waals surface area contributed by atoms with Crippen LogP contribution in [0.1, 0.15) is 23.6 Å². The van der Waals surface area contributed by atoms with E-state index in [9.17, 15) is 9.59 Å². The first-order valence-electron chi connectivity index (χ1n) is 7.95. The van der Waals surface area contributed by atoms with E-state index in [0.29, 0.717) is 5.70 Å². The van der Waals surface area contributed by atoms with Gasteiger partial charge in [0.1, 0.15) is 0 Å². The van der Waals surface area contributed by atoms with Crippen LogP contribution >= 0.6 is 0 Å². The molecule has 0 radical (unpaired) electrons. The smallest absolute Gasteiger partial charge is 0.248 e. The molecule has 0 saturated heterocycles. The largest absolute Gasteiger partial charge is 0.345 e. The van der Waals surface area contributed by atoms with Gasteiger partial charge in [0.25, 0.3) is 0 Å². The number of hydrogen-bond acceptors (Lipinski definition) is 2. The lowest BCUT2D eigenvalue weighted by Crippen LogP contribution is -2.24. The second-order valence-corrected chi connectivity index (χ2v) is 5.86. The molecule has 0 aliphatic carbocycles. The third kappa shape index (κ3) is 4.67. The van der Waals surface area contributed by atoms with Crippen molar-refractivity contribution in [1.82, 2.24) is 10.2 Å². The lowest BCUT2D eigenvalue weighted by Gasteiger charge is -2.16. The Morgan fingerprint density at radius 3 is 2.08 bits per heavy atom.